The molecule has 9 nitrogen and oxygen atoms in total. The summed E-state index contributed by atoms with van der Waals surface area (Å²) in [6.45, 7) is 6.85. The quantitative estimate of drug-likeness (QED) is 0.496. The van der Waals surface area contributed by atoms with E-state index in [4.69, 9.17) is 40.0 Å². The zero-order valence-corrected chi connectivity index (χ0v) is 21.7. The SMILES string of the molecule is CCOC(=O)c1cc2c(n(C3CC3)c1=O)-c1cc(Cl)c(OC[C@H]3COCCO3)cc1OC2C1(C)COC1. The molecule has 37 heavy (non-hydrogen) atoms. The Labute approximate surface area is 219 Å². The lowest BCUT2D eigenvalue weighted by atomic mass is 9.76. The zero-order chi connectivity index (χ0) is 25.7. The molecule has 3 aliphatic heterocycles. The molecule has 2 aromatic rings. The summed E-state index contributed by atoms with van der Waals surface area (Å²) in [6.07, 6.45) is 1.10. The summed E-state index contributed by atoms with van der Waals surface area (Å²) in [5, 5.41) is 0.394. The second-order valence-electron chi connectivity index (χ2n) is 10.3. The lowest BCUT2D eigenvalue weighted by molar-refractivity contribution is -0.156. The second-order valence-corrected chi connectivity index (χ2v) is 10.7. The van der Waals surface area contributed by atoms with Gasteiger partial charge in [-0.25, -0.2) is 4.79 Å². The molecule has 4 aliphatic rings. The first-order valence-electron chi connectivity index (χ1n) is 12.8. The van der Waals surface area contributed by atoms with E-state index in [1.165, 1.54) is 0 Å². The molecule has 198 valence electrons. The van der Waals surface area contributed by atoms with Gasteiger partial charge in [-0.05, 0) is 31.9 Å². The van der Waals surface area contributed by atoms with E-state index in [1.807, 2.05) is 0 Å². The van der Waals surface area contributed by atoms with Crippen LogP contribution in [0.25, 0.3) is 11.3 Å². The number of halogens is 1. The summed E-state index contributed by atoms with van der Waals surface area (Å²) in [6, 6.07) is 5.21. The van der Waals surface area contributed by atoms with Crippen molar-refractivity contribution in [3.63, 3.8) is 0 Å². The lowest BCUT2D eigenvalue weighted by Crippen LogP contribution is -2.48. The van der Waals surface area contributed by atoms with Gasteiger partial charge in [0.15, 0.2) is 0 Å². The number of benzene rings is 1. The van der Waals surface area contributed by atoms with Gasteiger partial charge in [0.1, 0.15) is 35.9 Å². The molecule has 3 fully saturated rings. The average Bonchev–Trinajstić information content (AvgIpc) is 3.71. The van der Waals surface area contributed by atoms with Crippen LogP contribution < -0.4 is 15.0 Å². The minimum atomic E-state index is -0.625. The van der Waals surface area contributed by atoms with Crippen LogP contribution in [0, 0.1) is 5.41 Å². The van der Waals surface area contributed by atoms with Crippen molar-refractivity contribution in [3.05, 3.63) is 44.7 Å². The van der Waals surface area contributed by atoms with E-state index < -0.39 is 12.1 Å². The van der Waals surface area contributed by atoms with Gasteiger partial charge in [0.25, 0.3) is 5.56 Å². The van der Waals surface area contributed by atoms with Crippen molar-refractivity contribution in [1.82, 2.24) is 4.57 Å². The van der Waals surface area contributed by atoms with Crippen LogP contribution in [0.2, 0.25) is 5.02 Å². The first-order chi connectivity index (χ1) is 17.9. The van der Waals surface area contributed by atoms with Crippen LogP contribution in [0.4, 0.5) is 0 Å². The molecular weight excluding hydrogens is 502 g/mol. The molecule has 6 rings (SSSR count). The van der Waals surface area contributed by atoms with E-state index in [2.05, 4.69) is 6.92 Å². The van der Waals surface area contributed by atoms with Crippen molar-refractivity contribution in [2.45, 2.75) is 44.9 Å². The Morgan fingerprint density at radius 2 is 2.00 bits per heavy atom. The molecule has 0 N–H and O–H groups in total. The maximum Gasteiger partial charge on any atom is 0.343 e. The van der Waals surface area contributed by atoms with Gasteiger partial charge in [0.2, 0.25) is 0 Å². The maximum atomic E-state index is 13.6. The van der Waals surface area contributed by atoms with Crippen molar-refractivity contribution >= 4 is 17.6 Å². The number of rotatable bonds is 7. The van der Waals surface area contributed by atoms with E-state index in [0.29, 0.717) is 61.7 Å². The van der Waals surface area contributed by atoms with Crippen LogP contribution in [-0.4, -0.2) is 62.9 Å². The van der Waals surface area contributed by atoms with Crippen molar-refractivity contribution in [3.8, 4) is 22.8 Å². The zero-order valence-electron chi connectivity index (χ0n) is 20.9. The van der Waals surface area contributed by atoms with Crippen LogP contribution in [0.1, 0.15) is 54.8 Å². The summed E-state index contributed by atoms with van der Waals surface area (Å²) in [7, 11) is 0. The Bertz CT molecular complexity index is 1280. The topological polar surface area (TPSA) is 94.5 Å². The molecule has 1 aliphatic carbocycles. The summed E-state index contributed by atoms with van der Waals surface area (Å²) >= 11 is 6.69. The fourth-order valence-corrected chi connectivity index (χ4v) is 5.42. The smallest absolute Gasteiger partial charge is 0.343 e. The van der Waals surface area contributed by atoms with Gasteiger partial charge < -0.3 is 33.0 Å². The number of ether oxygens (including phenoxy) is 6. The molecule has 2 atom stereocenters. The Kier molecular flexibility index (Phi) is 6.43. The normalized spacial score (nSPS) is 23.8. The molecule has 1 aromatic carbocycles. The highest BCUT2D eigenvalue weighted by Gasteiger charge is 2.49. The fraction of sp³-hybridized carbons (Fsp3) is 0.556. The van der Waals surface area contributed by atoms with Gasteiger partial charge in [-0.15, -0.1) is 0 Å². The van der Waals surface area contributed by atoms with E-state index in [1.54, 1.807) is 29.7 Å². The Morgan fingerprint density at radius 3 is 2.65 bits per heavy atom. The summed E-state index contributed by atoms with van der Waals surface area (Å²) in [5.41, 5.74) is 1.53. The van der Waals surface area contributed by atoms with Crippen molar-refractivity contribution < 1.29 is 33.2 Å². The van der Waals surface area contributed by atoms with Crippen LogP contribution in [0.15, 0.2) is 23.0 Å². The van der Waals surface area contributed by atoms with Crippen molar-refractivity contribution in [1.29, 1.82) is 0 Å². The molecule has 1 aromatic heterocycles. The number of carbonyl (C=O) groups excluding carboxylic acids is 1. The lowest BCUT2D eigenvalue weighted by Gasteiger charge is -2.46. The third-order valence-electron chi connectivity index (χ3n) is 7.29. The first-order valence-corrected chi connectivity index (χ1v) is 13.1. The second kappa shape index (κ2) is 9.62. The van der Waals surface area contributed by atoms with Gasteiger partial charge in [-0.2, -0.15) is 0 Å². The van der Waals surface area contributed by atoms with Crippen LogP contribution in [0.5, 0.6) is 11.5 Å². The predicted octanol–water partition coefficient (Wildman–Crippen LogP) is 3.94. The van der Waals surface area contributed by atoms with Gasteiger partial charge in [-0.1, -0.05) is 18.5 Å². The number of nitrogens with zero attached hydrogens (tertiary/aromatic N) is 1. The number of esters is 1. The number of hydrogen-bond acceptors (Lipinski definition) is 8. The maximum absolute atomic E-state index is 13.6. The van der Waals surface area contributed by atoms with Gasteiger partial charge >= 0.3 is 5.97 Å². The van der Waals surface area contributed by atoms with Crippen LogP contribution in [0.3, 0.4) is 0 Å². The van der Waals surface area contributed by atoms with Crippen LogP contribution >= 0.6 is 11.6 Å². The Hall–Kier alpha value is -2.59. The highest BCUT2D eigenvalue weighted by Crippen LogP contribution is 2.54. The van der Waals surface area contributed by atoms with E-state index in [0.717, 1.165) is 24.1 Å². The van der Waals surface area contributed by atoms with Crippen LogP contribution in [-0.2, 0) is 18.9 Å². The molecular formula is C27H30ClNO8. The molecule has 2 saturated heterocycles. The molecule has 1 unspecified atom stereocenters. The minimum absolute atomic E-state index is 0.00539. The third kappa shape index (κ3) is 4.41. The van der Waals surface area contributed by atoms with E-state index in [-0.39, 0.29) is 35.3 Å². The molecule has 10 heteroatoms. The van der Waals surface area contributed by atoms with Crippen molar-refractivity contribution in [2.24, 2.45) is 5.41 Å². The van der Waals surface area contributed by atoms with Gasteiger partial charge in [0, 0.05) is 23.2 Å². The molecule has 0 spiro atoms. The standard InChI is InChI=1S/C27H30ClNO8/c1-3-34-26(31)19-8-18-23(29(25(19)30)15-4-5-15)17-9-20(28)22(36-12-16-11-32-6-7-35-16)10-21(17)37-24(18)27(2)13-33-14-27/h8-10,15-16,24H,3-7,11-14H2,1-2H3/t16-,24?/m1/s1. The van der Waals surface area contributed by atoms with E-state index >= 15 is 0 Å². The highest BCUT2D eigenvalue weighted by molar-refractivity contribution is 6.32. The molecule has 4 heterocycles. The summed E-state index contributed by atoms with van der Waals surface area (Å²) in [4.78, 5) is 26.4. The van der Waals surface area contributed by atoms with Gasteiger partial charge in [0.05, 0.1) is 55.8 Å². The highest BCUT2D eigenvalue weighted by atomic mass is 35.5. The monoisotopic (exact) mass is 531 g/mol. The summed E-state index contributed by atoms with van der Waals surface area (Å²) < 4.78 is 36.3. The van der Waals surface area contributed by atoms with Crippen molar-refractivity contribution in [2.75, 3.05) is 46.2 Å². The molecule has 0 amide bonds. The molecule has 0 bridgehead atoms. The Morgan fingerprint density at radius 1 is 1.19 bits per heavy atom. The molecule has 0 radical (unpaired) electrons. The molecule has 1 saturated carbocycles. The number of carbonyl (C=O) groups is 1. The fourth-order valence-electron chi connectivity index (χ4n) is 5.20. The number of fused-ring (bicyclic) bond motifs is 3. The average molecular weight is 532 g/mol. The number of pyridine rings is 1. The number of aromatic nitrogens is 1. The first kappa shape index (κ1) is 24.7. The summed E-state index contributed by atoms with van der Waals surface area (Å²) in [5.74, 6) is 0.415. The predicted molar refractivity (Wildman–Crippen MR) is 134 cm³/mol. The minimum Gasteiger partial charge on any atom is -0.489 e. The van der Waals surface area contributed by atoms with E-state index in [9.17, 15) is 9.59 Å². The number of hydrogen-bond donors (Lipinski definition) is 0. The Balaban J connectivity index is 1.47. The van der Waals surface area contributed by atoms with Gasteiger partial charge in [-0.3, -0.25) is 4.79 Å². The third-order valence-corrected chi connectivity index (χ3v) is 7.59. The largest absolute Gasteiger partial charge is 0.489 e.